The molecule has 11 heteroatoms. The van der Waals surface area contributed by atoms with Gasteiger partial charge in [0.2, 0.25) is 0 Å². The van der Waals surface area contributed by atoms with Crippen LogP contribution in [0, 0.1) is 5.82 Å². The molecule has 0 saturated carbocycles. The van der Waals surface area contributed by atoms with Gasteiger partial charge in [0.15, 0.2) is 5.82 Å². The fraction of sp³-hybridized carbons (Fsp3) is 0.125. The van der Waals surface area contributed by atoms with Gasteiger partial charge in [-0.25, -0.2) is 18.9 Å². The molecule has 0 amide bonds. The maximum absolute atomic E-state index is 13.9. The van der Waals surface area contributed by atoms with Crippen LogP contribution >= 0.6 is 0 Å². The highest BCUT2D eigenvalue weighted by Gasteiger charge is 2.17. The van der Waals surface area contributed by atoms with Crippen molar-refractivity contribution in [3.05, 3.63) is 82.8 Å². The molecular formula is C24H19FN6O4. The second kappa shape index (κ2) is 8.86. The van der Waals surface area contributed by atoms with Crippen molar-refractivity contribution >= 4 is 33.6 Å². The maximum Gasteiger partial charge on any atom is 0.337 e. The van der Waals surface area contributed by atoms with E-state index in [1.165, 1.54) is 45.8 Å². The van der Waals surface area contributed by atoms with Gasteiger partial charge in [-0.05, 0) is 30.3 Å². The first kappa shape index (κ1) is 22.0. The minimum Gasteiger partial charge on any atom is -0.495 e. The Hall–Kier alpha value is -4.80. The highest BCUT2D eigenvalue weighted by molar-refractivity contribution is 6.04. The Morgan fingerprint density at radius 2 is 2.03 bits per heavy atom. The van der Waals surface area contributed by atoms with Gasteiger partial charge in [-0.15, -0.1) is 0 Å². The SMILES string of the molecule is COc1cnc2c(NCCn3nc(-n4cc(C(=O)O)c5ccc(F)cc54)ccc3=O)ccnc2c1. The van der Waals surface area contributed by atoms with Crippen molar-refractivity contribution in [2.75, 3.05) is 19.0 Å². The molecule has 35 heavy (non-hydrogen) atoms. The van der Waals surface area contributed by atoms with Gasteiger partial charge in [-0.1, -0.05) is 0 Å². The molecule has 4 heterocycles. The molecule has 4 aromatic heterocycles. The predicted octanol–water partition coefficient (Wildman–Crippen LogP) is 3.09. The van der Waals surface area contributed by atoms with E-state index in [1.54, 1.807) is 31.6 Å². The number of carboxylic acids is 1. The number of carbonyl (C=O) groups is 1. The van der Waals surface area contributed by atoms with Crippen LogP contribution in [0.4, 0.5) is 10.1 Å². The maximum atomic E-state index is 13.9. The lowest BCUT2D eigenvalue weighted by Crippen LogP contribution is -2.26. The minimum atomic E-state index is -1.14. The number of benzene rings is 1. The van der Waals surface area contributed by atoms with Crippen molar-refractivity contribution in [2.45, 2.75) is 6.54 Å². The van der Waals surface area contributed by atoms with Crippen molar-refractivity contribution in [1.29, 1.82) is 0 Å². The lowest BCUT2D eigenvalue weighted by atomic mass is 10.2. The Bertz CT molecular complexity index is 1650. The van der Waals surface area contributed by atoms with Crippen LogP contribution < -0.4 is 15.6 Å². The van der Waals surface area contributed by atoms with Gasteiger partial charge < -0.3 is 15.2 Å². The summed E-state index contributed by atoms with van der Waals surface area (Å²) in [6, 6.07) is 10.2. The number of nitrogens with zero attached hydrogens (tertiary/aromatic N) is 5. The first-order valence-corrected chi connectivity index (χ1v) is 10.6. The number of fused-ring (bicyclic) bond motifs is 2. The van der Waals surface area contributed by atoms with Crippen molar-refractivity contribution in [3.63, 3.8) is 0 Å². The average molecular weight is 474 g/mol. The number of pyridine rings is 2. The van der Waals surface area contributed by atoms with E-state index in [1.807, 2.05) is 0 Å². The predicted molar refractivity (Wildman–Crippen MR) is 127 cm³/mol. The number of anilines is 1. The van der Waals surface area contributed by atoms with Crippen molar-refractivity contribution in [1.82, 2.24) is 24.3 Å². The molecule has 0 saturated heterocycles. The lowest BCUT2D eigenvalue weighted by molar-refractivity contribution is 0.0699. The third-order valence-electron chi connectivity index (χ3n) is 5.52. The molecule has 0 aliphatic carbocycles. The van der Waals surface area contributed by atoms with E-state index in [0.29, 0.717) is 34.2 Å². The number of rotatable bonds is 7. The summed E-state index contributed by atoms with van der Waals surface area (Å²) in [5.74, 6) is -0.773. The topological polar surface area (TPSA) is 124 Å². The Kier molecular flexibility index (Phi) is 5.57. The molecule has 5 aromatic rings. The minimum absolute atomic E-state index is 0.00918. The van der Waals surface area contributed by atoms with Gasteiger partial charge in [0.1, 0.15) is 17.1 Å². The molecule has 0 bridgehead atoms. The third kappa shape index (κ3) is 4.14. The summed E-state index contributed by atoms with van der Waals surface area (Å²) in [5, 5.41) is 17.5. The second-order valence-electron chi connectivity index (χ2n) is 7.66. The molecule has 10 nitrogen and oxygen atoms in total. The zero-order chi connectivity index (χ0) is 24.5. The van der Waals surface area contributed by atoms with E-state index in [0.717, 1.165) is 5.69 Å². The van der Waals surface area contributed by atoms with E-state index in [9.17, 15) is 19.1 Å². The van der Waals surface area contributed by atoms with Crippen LogP contribution in [0.5, 0.6) is 5.75 Å². The summed E-state index contributed by atoms with van der Waals surface area (Å²) < 4.78 is 21.8. The average Bonchev–Trinajstić information content (AvgIpc) is 3.24. The largest absolute Gasteiger partial charge is 0.495 e. The normalized spacial score (nSPS) is 11.1. The molecule has 5 rings (SSSR count). The number of carboxylic acid groups (broad SMARTS) is 1. The molecule has 2 N–H and O–H groups in total. The van der Waals surface area contributed by atoms with Gasteiger partial charge in [0.25, 0.3) is 5.56 Å². The summed E-state index contributed by atoms with van der Waals surface area (Å²) in [5.41, 5.74) is 2.06. The highest BCUT2D eigenvalue weighted by Crippen LogP contribution is 2.25. The van der Waals surface area contributed by atoms with Crippen LogP contribution in [0.25, 0.3) is 27.8 Å². The summed E-state index contributed by atoms with van der Waals surface area (Å²) in [6.07, 6.45) is 4.61. The monoisotopic (exact) mass is 474 g/mol. The zero-order valence-electron chi connectivity index (χ0n) is 18.5. The van der Waals surface area contributed by atoms with Crippen molar-refractivity contribution in [2.24, 2.45) is 0 Å². The van der Waals surface area contributed by atoms with Crippen LogP contribution in [-0.4, -0.2) is 49.0 Å². The van der Waals surface area contributed by atoms with E-state index in [4.69, 9.17) is 4.74 Å². The van der Waals surface area contributed by atoms with E-state index in [2.05, 4.69) is 20.4 Å². The van der Waals surface area contributed by atoms with Gasteiger partial charge in [-0.2, -0.15) is 5.10 Å². The lowest BCUT2D eigenvalue weighted by Gasteiger charge is -2.11. The molecular weight excluding hydrogens is 455 g/mol. The smallest absolute Gasteiger partial charge is 0.337 e. The number of ether oxygens (including phenoxy) is 1. The molecule has 0 atom stereocenters. The fourth-order valence-electron chi connectivity index (χ4n) is 3.85. The standard InChI is InChI=1S/C24H19FN6O4/c1-35-15-11-19-23(28-12-15)18(6-7-26-19)27-8-9-31-22(32)5-4-21(29-31)30-13-17(24(33)34)16-3-2-14(25)10-20(16)30/h2-7,10-13H,8-9H2,1H3,(H,26,27)(H,33,34). The van der Waals surface area contributed by atoms with Crippen molar-refractivity contribution in [3.8, 4) is 11.6 Å². The van der Waals surface area contributed by atoms with Crippen LogP contribution in [-0.2, 0) is 6.54 Å². The first-order valence-electron chi connectivity index (χ1n) is 10.6. The molecule has 1 aromatic carbocycles. The number of nitrogens with one attached hydrogen (secondary N) is 1. The van der Waals surface area contributed by atoms with Crippen LogP contribution in [0.15, 0.2) is 65.8 Å². The molecule has 0 fully saturated rings. The molecule has 0 aliphatic rings. The van der Waals surface area contributed by atoms with Gasteiger partial charge in [-0.3, -0.25) is 14.3 Å². The summed E-state index contributed by atoms with van der Waals surface area (Å²) in [6.45, 7) is 0.566. The third-order valence-corrected chi connectivity index (χ3v) is 5.52. The number of halogens is 1. The number of hydrogen-bond acceptors (Lipinski definition) is 7. The number of aromatic carboxylic acids is 1. The fourth-order valence-corrected chi connectivity index (χ4v) is 3.85. The van der Waals surface area contributed by atoms with Crippen molar-refractivity contribution < 1.29 is 19.0 Å². The first-order chi connectivity index (χ1) is 16.9. The Balaban J connectivity index is 1.43. The second-order valence-corrected chi connectivity index (χ2v) is 7.66. The van der Waals surface area contributed by atoms with Gasteiger partial charge >= 0.3 is 5.97 Å². The zero-order valence-corrected chi connectivity index (χ0v) is 18.5. The Labute approximate surface area is 197 Å². The highest BCUT2D eigenvalue weighted by atomic mass is 19.1. The molecule has 0 aliphatic heterocycles. The Morgan fingerprint density at radius 3 is 2.83 bits per heavy atom. The quantitative estimate of drug-likeness (QED) is 0.369. The number of methoxy groups -OCH3 is 1. The van der Waals surface area contributed by atoms with Gasteiger partial charge in [0, 0.05) is 36.5 Å². The van der Waals surface area contributed by atoms with E-state index in [-0.39, 0.29) is 23.5 Å². The van der Waals surface area contributed by atoms with Crippen LogP contribution in [0.1, 0.15) is 10.4 Å². The molecule has 176 valence electrons. The molecule has 0 radical (unpaired) electrons. The summed E-state index contributed by atoms with van der Waals surface area (Å²) in [7, 11) is 1.55. The van der Waals surface area contributed by atoms with Crippen LogP contribution in [0.3, 0.4) is 0 Å². The number of aromatic nitrogens is 5. The van der Waals surface area contributed by atoms with E-state index >= 15 is 0 Å². The summed E-state index contributed by atoms with van der Waals surface area (Å²) in [4.78, 5) is 32.8. The summed E-state index contributed by atoms with van der Waals surface area (Å²) >= 11 is 0. The molecule has 0 unspecified atom stereocenters. The van der Waals surface area contributed by atoms with Crippen LogP contribution in [0.2, 0.25) is 0 Å². The van der Waals surface area contributed by atoms with Gasteiger partial charge in [0.05, 0.1) is 42.1 Å². The Morgan fingerprint density at radius 1 is 1.17 bits per heavy atom. The number of hydrogen-bond donors (Lipinski definition) is 2. The van der Waals surface area contributed by atoms with E-state index < -0.39 is 11.8 Å². The molecule has 0 spiro atoms.